The average Bonchev–Trinajstić information content (AvgIpc) is 2.48. The van der Waals surface area contributed by atoms with Crippen molar-refractivity contribution < 1.29 is 9.72 Å². The van der Waals surface area contributed by atoms with Crippen LogP contribution in [0.3, 0.4) is 0 Å². The van der Waals surface area contributed by atoms with E-state index < -0.39 is 4.92 Å². The number of anilines is 1. The van der Waals surface area contributed by atoms with Gasteiger partial charge in [0.1, 0.15) is 0 Å². The Morgan fingerprint density at radius 2 is 1.91 bits per heavy atom. The van der Waals surface area contributed by atoms with Gasteiger partial charge in [0.15, 0.2) is 0 Å². The zero-order valence-electron chi connectivity index (χ0n) is 13.2. The summed E-state index contributed by atoms with van der Waals surface area (Å²) in [6, 6.07) is 12.0. The predicted molar refractivity (Wildman–Crippen MR) is 93.2 cm³/mol. The van der Waals surface area contributed by atoms with Gasteiger partial charge in [-0.15, -0.1) is 11.8 Å². The molecule has 0 unspecified atom stereocenters. The van der Waals surface area contributed by atoms with Crippen molar-refractivity contribution in [2.24, 2.45) is 0 Å². The topological polar surface area (TPSA) is 72.2 Å². The smallest absolute Gasteiger partial charge is 0.274 e. The van der Waals surface area contributed by atoms with Crippen LogP contribution < -0.4 is 5.32 Å². The number of benzene rings is 2. The van der Waals surface area contributed by atoms with Gasteiger partial charge in [-0.3, -0.25) is 14.9 Å². The molecule has 5 nitrogen and oxygen atoms in total. The van der Waals surface area contributed by atoms with E-state index in [2.05, 4.69) is 19.2 Å². The molecule has 0 radical (unpaired) electrons. The van der Waals surface area contributed by atoms with Crippen molar-refractivity contribution in [3.63, 3.8) is 0 Å². The van der Waals surface area contributed by atoms with Gasteiger partial charge in [-0.05, 0) is 25.1 Å². The Morgan fingerprint density at radius 1 is 1.22 bits per heavy atom. The molecule has 0 bridgehead atoms. The molecule has 2 aromatic carbocycles. The number of hydrogen-bond acceptors (Lipinski definition) is 4. The molecule has 2 aromatic rings. The minimum absolute atomic E-state index is 0.00681. The molecule has 0 atom stereocenters. The van der Waals surface area contributed by atoms with Gasteiger partial charge < -0.3 is 5.32 Å². The van der Waals surface area contributed by atoms with Crippen molar-refractivity contribution in [1.29, 1.82) is 0 Å². The van der Waals surface area contributed by atoms with E-state index in [1.165, 1.54) is 6.07 Å². The summed E-state index contributed by atoms with van der Waals surface area (Å²) in [6.07, 6.45) is 0. The Kier molecular flexibility index (Phi) is 5.39. The van der Waals surface area contributed by atoms with Gasteiger partial charge in [-0.2, -0.15) is 0 Å². The summed E-state index contributed by atoms with van der Waals surface area (Å²) in [5.74, 6) is -0.271. The molecule has 0 aromatic heterocycles. The molecule has 0 heterocycles. The van der Waals surface area contributed by atoms with Crippen LogP contribution in [-0.2, 0) is 0 Å². The van der Waals surface area contributed by atoms with E-state index >= 15 is 0 Å². The van der Waals surface area contributed by atoms with Gasteiger partial charge >= 0.3 is 0 Å². The second-order valence-corrected chi connectivity index (χ2v) is 6.99. The van der Waals surface area contributed by atoms with E-state index in [0.29, 0.717) is 22.1 Å². The standard InChI is InChI=1S/C17H18N2O3S/c1-11(2)23-16-7-5-4-6-14(16)17(20)18-13-9-8-12(3)15(10-13)19(21)22/h4-11H,1-3H3,(H,18,20). The van der Waals surface area contributed by atoms with E-state index in [1.807, 2.05) is 12.1 Å². The van der Waals surface area contributed by atoms with E-state index in [1.54, 1.807) is 43.0 Å². The summed E-state index contributed by atoms with van der Waals surface area (Å²) in [5, 5.41) is 14.1. The van der Waals surface area contributed by atoms with E-state index in [-0.39, 0.29) is 11.6 Å². The highest BCUT2D eigenvalue weighted by atomic mass is 32.2. The highest BCUT2D eigenvalue weighted by Gasteiger charge is 2.15. The summed E-state index contributed by atoms with van der Waals surface area (Å²) in [7, 11) is 0. The molecular weight excluding hydrogens is 312 g/mol. The Labute approximate surface area is 139 Å². The molecule has 0 aliphatic heterocycles. The third-order valence-electron chi connectivity index (χ3n) is 3.16. The highest BCUT2D eigenvalue weighted by Crippen LogP contribution is 2.28. The first-order valence-corrected chi connectivity index (χ1v) is 8.08. The van der Waals surface area contributed by atoms with E-state index in [0.717, 1.165) is 4.90 Å². The minimum atomic E-state index is -0.451. The molecule has 0 aliphatic carbocycles. The second kappa shape index (κ2) is 7.28. The zero-order valence-corrected chi connectivity index (χ0v) is 14.0. The fourth-order valence-electron chi connectivity index (χ4n) is 2.09. The normalized spacial score (nSPS) is 10.6. The lowest BCUT2D eigenvalue weighted by molar-refractivity contribution is -0.385. The van der Waals surface area contributed by atoms with E-state index in [4.69, 9.17) is 0 Å². The number of nitrogens with one attached hydrogen (secondary N) is 1. The maximum absolute atomic E-state index is 12.5. The van der Waals surface area contributed by atoms with Gasteiger partial charge in [0.05, 0.1) is 10.5 Å². The van der Waals surface area contributed by atoms with Gasteiger partial charge in [0.2, 0.25) is 0 Å². The molecule has 0 aliphatic rings. The monoisotopic (exact) mass is 330 g/mol. The molecule has 1 amide bonds. The number of rotatable bonds is 5. The number of aryl methyl sites for hydroxylation is 1. The van der Waals surface area contributed by atoms with Crippen LogP contribution >= 0.6 is 11.8 Å². The lowest BCUT2D eigenvalue weighted by Crippen LogP contribution is -2.13. The summed E-state index contributed by atoms with van der Waals surface area (Å²) in [4.78, 5) is 23.9. The lowest BCUT2D eigenvalue weighted by Gasteiger charge is -2.11. The van der Waals surface area contributed by atoms with Crippen molar-refractivity contribution in [1.82, 2.24) is 0 Å². The number of nitro benzene ring substituents is 1. The summed E-state index contributed by atoms with van der Waals surface area (Å²) >= 11 is 1.61. The van der Waals surface area contributed by atoms with Crippen LogP contribution in [0.5, 0.6) is 0 Å². The Bertz CT molecular complexity index is 744. The van der Waals surface area contributed by atoms with Gasteiger partial charge in [0.25, 0.3) is 11.6 Å². The van der Waals surface area contributed by atoms with Gasteiger partial charge in [0, 0.05) is 27.5 Å². The molecule has 0 saturated heterocycles. The van der Waals surface area contributed by atoms with Gasteiger partial charge in [-0.25, -0.2) is 0 Å². The number of hydrogen-bond donors (Lipinski definition) is 1. The number of carbonyl (C=O) groups is 1. The van der Waals surface area contributed by atoms with E-state index in [9.17, 15) is 14.9 Å². The molecule has 0 fully saturated rings. The molecular formula is C17H18N2O3S. The Hall–Kier alpha value is -2.34. The number of thioether (sulfide) groups is 1. The lowest BCUT2D eigenvalue weighted by atomic mass is 10.1. The molecule has 120 valence electrons. The molecule has 23 heavy (non-hydrogen) atoms. The molecule has 0 spiro atoms. The summed E-state index contributed by atoms with van der Waals surface area (Å²) in [5.41, 5.74) is 1.53. The molecule has 6 heteroatoms. The van der Waals surface area contributed by atoms with Crippen LogP contribution in [0.15, 0.2) is 47.4 Å². The summed E-state index contributed by atoms with van der Waals surface area (Å²) < 4.78 is 0. The van der Waals surface area contributed by atoms with Gasteiger partial charge in [-0.1, -0.05) is 32.0 Å². The fraction of sp³-hybridized carbons (Fsp3) is 0.235. The van der Waals surface area contributed by atoms with Crippen molar-refractivity contribution in [3.8, 4) is 0 Å². The number of nitrogens with zero attached hydrogens (tertiary/aromatic N) is 1. The third kappa shape index (κ3) is 4.32. The van der Waals surface area contributed by atoms with Crippen LogP contribution in [0, 0.1) is 17.0 Å². The average molecular weight is 330 g/mol. The Balaban J connectivity index is 2.26. The highest BCUT2D eigenvalue weighted by molar-refractivity contribution is 8.00. The Morgan fingerprint density at radius 3 is 2.57 bits per heavy atom. The van der Waals surface area contributed by atoms with Crippen LogP contribution in [-0.4, -0.2) is 16.1 Å². The van der Waals surface area contributed by atoms with Crippen molar-refractivity contribution in [2.75, 3.05) is 5.32 Å². The number of carbonyl (C=O) groups excluding carboxylic acids is 1. The number of amides is 1. The maximum Gasteiger partial charge on any atom is 0.274 e. The largest absolute Gasteiger partial charge is 0.322 e. The molecule has 2 rings (SSSR count). The quantitative estimate of drug-likeness (QED) is 0.492. The first kappa shape index (κ1) is 17.0. The predicted octanol–water partition coefficient (Wildman–Crippen LogP) is 4.66. The second-order valence-electron chi connectivity index (χ2n) is 5.38. The first-order valence-electron chi connectivity index (χ1n) is 7.20. The fourth-order valence-corrected chi connectivity index (χ4v) is 3.05. The SMILES string of the molecule is Cc1ccc(NC(=O)c2ccccc2SC(C)C)cc1[N+](=O)[O-]. The minimum Gasteiger partial charge on any atom is -0.322 e. The maximum atomic E-state index is 12.5. The van der Waals surface area contributed by atoms with Crippen LogP contribution in [0.4, 0.5) is 11.4 Å². The molecule has 0 saturated carbocycles. The molecule has 1 N–H and O–H groups in total. The van der Waals surface area contributed by atoms with Crippen molar-refractivity contribution in [3.05, 3.63) is 63.7 Å². The van der Waals surface area contributed by atoms with Crippen molar-refractivity contribution in [2.45, 2.75) is 30.9 Å². The summed E-state index contributed by atoms with van der Waals surface area (Å²) in [6.45, 7) is 5.78. The third-order valence-corrected chi connectivity index (χ3v) is 4.24. The first-order chi connectivity index (χ1) is 10.9. The van der Waals surface area contributed by atoms with Crippen LogP contribution in [0.25, 0.3) is 0 Å². The van der Waals surface area contributed by atoms with Crippen LogP contribution in [0.2, 0.25) is 0 Å². The van der Waals surface area contributed by atoms with Crippen molar-refractivity contribution >= 4 is 29.0 Å². The van der Waals surface area contributed by atoms with Crippen LogP contribution in [0.1, 0.15) is 29.8 Å². The number of nitro groups is 1. The zero-order chi connectivity index (χ0) is 17.0.